The summed E-state index contributed by atoms with van der Waals surface area (Å²) in [6, 6.07) is 17.0. The molecule has 0 aromatic heterocycles. The summed E-state index contributed by atoms with van der Waals surface area (Å²) in [7, 11) is 0. The standard InChI is InChI=1S/C18H13ClN2O/c19-18-8-6-17(7-9-18)14-21-22-12-2-5-15-3-1-4-16(13-15)10-11-20/h1,3-4,6-9,13-14H,10,12H2. The first-order valence-electron chi connectivity index (χ1n) is 6.63. The Morgan fingerprint density at radius 1 is 1.18 bits per heavy atom. The SMILES string of the molecule is N#CCc1cccc(C#CCON=Cc2ccc(Cl)cc2)c1. The molecule has 0 saturated carbocycles. The predicted molar refractivity (Wildman–Crippen MR) is 87.6 cm³/mol. The predicted octanol–water partition coefficient (Wildman–Crippen LogP) is 3.81. The van der Waals surface area contributed by atoms with Crippen molar-refractivity contribution in [1.29, 1.82) is 5.26 Å². The first kappa shape index (κ1) is 15.6. The van der Waals surface area contributed by atoms with Crippen molar-refractivity contribution in [2.75, 3.05) is 6.61 Å². The van der Waals surface area contributed by atoms with E-state index in [-0.39, 0.29) is 6.61 Å². The fourth-order valence-electron chi connectivity index (χ4n) is 1.70. The number of nitrogens with zero attached hydrogens (tertiary/aromatic N) is 2. The lowest BCUT2D eigenvalue weighted by Gasteiger charge is -1.95. The van der Waals surface area contributed by atoms with Crippen LogP contribution in [0, 0.1) is 23.2 Å². The zero-order valence-corrected chi connectivity index (χ0v) is 12.5. The molecule has 22 heavy (non-hydrogen) atoms. The van der Waals surface area contributed by atoms with E-state index in [0.717, 1.165) is 16.7 Å². The fourth-order valence-corrected chi connectivity index (χ4v) is 1.83. The van der Waals surface area contributed by atoms with Gasteiger partial charge in [0, 0.05) is 10.6 Å². The zero-order chi connectivity index (χ0) is 15.6. The smallest absolute Gasteiger partial charge is 0.177 e. The van der Waals surface area contributed by atoms with Gasteiger partial charge >= 0.3 is 0 Å². The van der Waals surface area contributed by atoms with Gasteiger partial charge in [0.15, 0.2) is 6.61 Å². The van der Waals surface area contributed by atoms with Gasteiger partial charge in [0.1, 0.15) is 0 Å². The maximum atomic E-state index is 8.66. The molecule has 0 fully saturated rings. The fraction of sp³-hybridized carbons (Fsp3) is 0.111. The molecule has 0 heterocycles. The number of oxime groups is 1. The number of hydrogen-bond acceptors (Lipinski definition) is 3. The molecule has 2 aromatic rings. The van der Waals surface area contributed by atoms with Gasteiger partial charge < -0.3 is 4.84 Å². The average molecular weight is 309 g/mol. The third kappa shape index (κ3) is 5.32. The van der Waals surface area contributed by atoms with E-state index in [1.54, 1.807) is 18.3 Å². The molecule has 0 amide bonds. The van der Waals surface area contributed by atoms with Gasteiger partial charge in [-0.25, -0.2) is 0 Å². The maximum absolute atomic E-state index is 8.66. The second-order valence-corrected chi connectivity index (χ2v) is 4.83. The minimum absolute atomic E-state index is 0.201. The highest BCUT2D eigenvalue weighted by Crippen LogP contribution is 2.08. The Kier molecular flexibility index (Phi) is 6.05. The van der Waals surface area contributed by atoms with Gasteiger partial charge in [-0.05, 0) is 35.4 Å². The Labute approximate surface area is 134 Å². The summed E-state index contributed by atoms with van der Waals surface area (Å²) >= 11 is 5.79. The van der Waals surface area contributed by atoms with E-state index < -0.39 is 0 Å². The highest BCUT2D eigenvalue weighted by Gasteiger charge is 1.92. The molecule has 0 atom stereocenters. The minimum atomic E-state index is 0.201. The molecule has 108 valence electrons. The Morgan fingerprint density at radius 2 is 2.00 bits per heavy atom. The van der Waals surface area contributed by atoms with Crippen molar-refractivity contribution in [2.24, 2.45) is 5.16 Å². The van der Waals surface area contributed by atoms with Crippen LogP contribution in [-0.4, -0.2) is 12.8 Å². The highest BCUT2D eigenvalue weighted by atomic mass is 35.5. The number of halogens is 1. The molecule has 0 N–H and O–H groups in total. The number of rotatable bonds is 4. The summed E-state index contributed by atoms with van der Waals surface area (Å²) < 4.78 is 0. The topological polar surface area (TPSA) is 45.4 Å². The second-order valence-electron chi connectivity index (χ2n) is 4.40. The third-order valence-electron chi connectivity index (χ3n) is 2.73. The zero-order valence-electron chi connectivity index (χ0n) is 11.8. The normalized spacial score (nSPS) is 9.82. The van der Waals surface area contributed by atoms with Crippen LogP contribution >= 0.6 is 11.6 Å². The Morgan fingerprint density at radius 3 is 2.77 bits per heavy atom. The van der Waals surface area contributed by atoms with Crippen molar-refractivity contribution in [1.82, 2.24) is 0 Å². The van der Waals surface area contributed by atoms with Gasteiger partial charge in [-0.1, -0.05) is 52.9 Å². The Hall–Kier alpha value is -2.75. The van der Waals surface area contributed by atoms with E-state index in [1.165, 1.54) is 0 Å². The van der Waals surface area contributed by atoms with E-state index in [1.807, 2.05) is 36.4 Å². The molecule has 0 saturated heterocycles. The Bertz CT molecular complexity index is 749. The summed E-state index contributed by atoms with van der Waals surface area (Å²) in [5, 5.41) is 13.2. The lowest BCUT2D eigenvalue weighted by Crippen LogP contribution is -1.87. The van der Waals surface area contributed by atoms with E-state index >= 15 is 0 Å². The van der Waals surface area contributed by atoms with Crippen molar-refractivity contribution < 1.29 is 4.84 Å². The van der Waals surface area contributed by atoms with Gasteiger partial charge in [-0.3, -0.25) is 0 Å². The van der Waals surface area contributed by atoms with Crippen LogP contribution in [0.2, 0.25) is 5.02 Å². The molecule has 2 rings (SSSR count). The molecule has 4 heteroatoms. The molecule has 0 aliphatic rings. The van der Waals surface area contributed by atoms with Crippen molar-refractivity contribution in [3.05, 3.63) is 70.2 Å². The summed E-state index contributed by atoms with van der Waals surface area (Å²) in [6.07, 6.45) is 1.99. The number of benzene rings is 2. The summed E-state index contributed by atoms with van der Waals surface area (Å²) in [4.78, 5) is 5.08. The summed E-state index contributed by atoms with van der Waals surface area (Å²) in [5.41, 5.74) is 2.72. The van der Waals surface area contributed by atoms with E-state index in [0.29, 0.717) is 11.4 Å². The second kappa shape index (κ2) is 8.52. The number of hydrogen-bond donors (Lipinski definition) is 0. The van der Waals surface area contributed by atoms with E-state index in [4.69, 9.17) is 21.7 Å². The van der Waals surface area contributed by atoms with Gasteiger partial charge in [0.25, 0.3) is 0 Å². The van der Waals surface area contributed by atoms with Crippen LogP contribution in [0.25, 0.3) is 0 Å². The van der Waals surface area contributed by atoms with Crippen molar-refractivity contribution in [3.8, 4) is 17.9 Å². The first-order chi connectivity index (χ1) is 10.8. The van der Waals surface area contributed by atoms with Crippen LogP contribution in [0.3, 0.4) is 0 Å². The van der Waals surface area contributed by atoms with Gasteiger partial charge in [0.2, 0.25) is 0 Å². The highest BCUT2D eigenvalue weighted by molar-refractivity contribution is 6.30. The van der Waals surface area contributed by atoms with Gasteiger partial charge in [-0.2, -0.15) is 5.26 Å². The molecule has 2 aromatic carbocycles. The molecular formula is C18H13ClN2O. The Balaban J connectivity index is 1.83. The monoisotopic (exact) mass is 308 g/mol. The van der Waals surface area contributed by atoms with Crippen molar-refractivity contribution in [2.45, 2.75) is 6.42 Å². The third-order valence-corrected chi connectivity index (χ3v) is 2.98. The molecular weight excluding hydrogens is 296 g/mol. The lowest BCUT2D eigenvalue weighted by molar-refractivity contribution is 0.181. The number of nitriles is 1. The molecule has 3 nitrogen and oxygen atoms in total. The minimum Gasteiger partial charge on any atom is -0.383 e. The quantitative estimate of drug-likeness (QED) is 0.373. The van der Waals surface area contributed by atoms with Crippen molar-refractivity contribution in [3.63, 3.8) is 0 Å². The van der Waals surface area contributed by atoms with Crippen molar-refractivity contribution >= 4 is 17.8 Å². The average Bonchev–Trinajstić information content (AvgIpc) is 2.53. The van der Waals surface area contributed by atoms with E-state index in [9.17, 15) is 0 Å². The van der Waals surface area contributed by atoms with Crippen LogP contribution in [-0.2, 0) is 11.3 Å². The molecule has 0 aliphatic carbocycles. The molecule has 0 aliphatic heterocycles. The van der Waals surface area contributed by atoms with Crippen LogP contribution in [0.1, 0.15) is 16.7 Å². The van der Waals surface area contributed by atoms with Gasteiger partial charge in [-0.15, -0.1) is 0 Å². The molecule has 0 spiro atoms. The molecule has 0 unspecified atom stereocenters. The van der Waals surface area contributed by atoms with Crippen LogP contribution < -0.4 is 0 Å². The van der Waals surface area contributed by atoms with Gasteiger partial charge in [0.05, 0.1) is 18.7 Å². The summed E-state index contributed by atoms with van der Waals surface area (Å²) in [5.74, 6) is 5.85. The van der Waals surface area contributed by atoms with Crippen LogP contribution in [0.5, 0.6) is 0 Å². The molecule has 0 radical (unpaired) electrons. The largest absolute Gasteiger partial charge is 0.383 e. The lowest BCUT2D eigenvalue weighted by atomic mass is 10.1. The maximum Gasteiger partial charge on any atom is 0.177 e. The van der Waals surface area contributed by atoms with Crippen LogP contribution in [0.15, 0.2) is 53.7 Å². The first-order valence-corrected chi connectivity index (χ1v) is 7.01. The summed E-state index contributed by atoms with van der Waals surface area (Å²) in [6.45, 7) is 0.201. The molecule has 0 bridgehead atoms. The van der Waals surface area contributed by atoms with Crippen LogP contribution in [0.4, 0.5) is 0 Å². The van der Waals surface area contributed by atoms with E-state index in [2.05, 4.69) is 23.1 Å².